The number of aromatic nitrogens is 3. The number of aliphatic imine (C=N–C) groups is 1. The van der Waals surface area contributed by atoms with E-state index in [0.29, 0.717) is 28.9 Å². The predicted octanol–water partition coefficient (Wildman–Crippen LogP) is 3.67. The number of ether oxygens (including phenoxy) is 1. The lowest BCUT2D eigenvalue weighted by atomic mass is 10.2. The van der Waals surface area contributed by atoms with Crippen molar-refractivity contribution in [2.75, 3.05) is 19.1 Å². The van der Waals surface area contributed by atoms with Crippen molar-refractivity contribution in [1.29, 1.82) is 0 Å². The molecule has 0 aliphatic carbocycles. The summed E-state index contributed by atoms with van der Waals surface area (Å²) in [5.74, 6) is 0.573. The summed E-state index contributed by atoms with van der Waals surface area (Å²) < 4.78 is 6.98. The van der Waals surface area contributed by atoms with Crippen molar-refractivity contribution in [2.24, 2.45) is 4.99 Å². The van der Waals surface area contributed by atoms with Gasteiger partial charge in [-0.3, -0.25) is 9.39 Å². The molecule has 0 fully saturated rings. The summed E-state index contributed by atoms with van der Waals surface area (Å²) in [5.41, 5.74) is 4.97. The molecule has 3 rings (SSSR count). The standard InChI is InChI=1S/C19H21ClN6O/c1-12-7-15(20)19-25-13(2)18(26(19)10-12)16(21-3)9-22-11-24-14-5-6-17(27-4)23-8-14/h5-10,22,24H,3,11H2,1-2,4H3/b16-9-. The smallest absolute Gasteiger partial charge is 0.213 e. The summed E-state index contributed by atoms with van der Waals surface area (Å²) in [6.07, 6.45) is 5.48. The number of nitrogens with one attached hydrogen (secondary N) is 2. The number of imidazole rings is 1. The molecule has 3 aromatic rings. The number of hydrogen-bond acceptors (Lipinski definition) is 6. The predicted molar refractivity (Wildman–Crippen MR) is 110 cm³/mol. The molecule has 0 aliphatic rings. The van der Waals surface area contributed by atoms with Gasteiger partial charge in [-0.15, -0.1) is 0 Å². The van der Waals surface area contributed by atoms with Crippen molar-refractivity contribution < 1.29 is 4.74 Å². The molecule has 0 unspecified atom stereocenters. The van der Waals surface area contributed by atoms with E-state index in [4.69, 9.17) is 16.3 Å². The highest BCUT2D eigenvalue weighted by Crippen LogP contribution is 2.26. The maximum atomic E-state index is 6.32. The van der Waals surface area contributed by atoms with Crippen molar-refractivity contribution in [1.82, 2.24) is 19.7 Å². The van der Waals surface area contributed by atoms with Gasteiger partial charge in [0, 0.05) is 18.5 Å². The topological polar surface area (TPSA) is 75.8 Å². The van der Waals surface area contributed by atoms with Crippen LogP contribution in [0.3, 0.4) is 0 Å². The minimum Gasteiger partial charge on any atom is -0.481 e. The molecular weight excluding hydrogens is 364 g/mol. The fourth-order valence-corrected chi connectivity index (χ4v) is 3.05. The van der Waals surface area contributed by atoms with E-state index in [1.54, 1.807) is 25.6 Å². The van der Waals surface area contributed by atoms with Gasteiger partial charge in [0.25, 0.3) is 0 Å². The molecule has 0 saturated carbocycles. The van der Waals surface area contributed by atoms with E-state index >= 15 is 0 Å². The molecule has 0 radical (unpaired) electrons. The third-order valence-electron chi connectivity index (χ3n) is 3.98. The van der Waals surface area contributed by atoms with E-state index in [0.717, 1.165) is 22.6 Å². The van der Waals surface area contributed by atoms with Gasteiger partial charge in [0.05, 0.1) is 42.1 Å². The SMILES string of the molecule is C=N/C(=C\NCNc1ccc(OC)nc1)c1c(C)nc2c(Cl)cc(C)cn12. The van der Waals surface area contributed by atoms with Crippen LogP contribution in [0.1, 0.15) is 17.0 Å². The molecule has 3 heterocycles. The Bertz CT molecular complexity index is 994. The van der Waals surface area contributed by atoms with Crippen molar-refractivity contribution in [3.05, 3.63) is 58.8 Å². The van der Waals surface area contributed by atoms with Crippen LogP contribution in [-0.4, -0.2) is 34.9 Å². The first-order valence-corrected chi connectivity index (χ1v) is 8.70. The molecule has 8 heteroatoms. The number of halogens is 1. The minimum atomic E-state index is 0.489. The highest BCUT2D eigenvalue weighted by molar-refractivity contribution is 6.33. The van der Waals surface area contributed by atoms with Gasteiger partial charge in [0.15, 0.2) is 5.65 Å². The Morgan fingerprint density at radius 2 is 2.22 bits per heavy atom. The van der Waals surface area contributed by atoms with E-state index in [-0.39, 0.29) is 0 Å². The first-order chi connectivity index (χ1) is 13.0. The third kappa shape index (κ3) is 4.03. The maximum Gasteiger partial charge on any atom is 0.213 e. The third-order valence-corrected chi connectivity index (χ3v) is 4.26. The summed E-state index contributed by atoms with van der Waals surface area (Å²) >= 11 is 6.32. The van der Waals surface area contributed by atoms with Gasteiger partial charge in [-0.05, 0) is 38.3 Å². The molecule has 0 aromatic carbocycles. The second kappa shape index (κ2) is 8.09. The number of rotatable bonds is 7. The van der Waals surface area contributed by atoms with Gasteiger partial charge in [-0.1, -0.05) is 11.6 Å². The normalized spacial score (nSPS) is 11.5. The zero-order valence-corrected chi connectivity index (χ0v) is 16.2. The average molecular weight is 385 g/mol. The van der Waals surface area contributed by atoms with Crippen LogP contribution >= 0.6 is 11.6 Å². The van der Waals surface area contributed by atoms with Crippen LogP contribution in [0.25, 0.3) is 11.3 Å². The van der Waals surface area contributed by atoms with Gasteiger partial charge in [0.2, 0.25) is 5.88 Å². The van der Waals surface area contributed by atoms with Crippen molar-refractivity contribution in [3.63, 3.8) is 0 Å². The Labute approximate surface area is 162 Å². The van der Waals surface area contributed by atoms with E-state index in [9.17, 15) is 0 Å². The molecule has 140 valence electrons. The number of hydrogen-bond donors (Lipinski definition) is 2. The van der Waals surface area contributed by atoms with E-state index in [1.807, 2.05) is 36.6 Å². The fraction of sp³-hybridized carbons (Fsp3) is 0.211. The largest absolute Gasteiger partial charge is 0.481 e. The zero-order valence-electron chi connectivity index (χ0n) is 15.5. The van der Waals surface area contributed by atoms with Crippen LogP contribution in [0.15, 0.2) is 41.8 Å². The first kappa shape index (κ1) is 18.7. The van der Waals surface area contributed by atoms with Gasteiger partial charge in [-0.2, -0.15) is 0 Å². The Balaban J connectivity index is 1.77. The maximum absolute atomic E-state index is 6.32. The zero-order chi connectivity index (χ0) is 19.4. The lowest BCUT2D eigenvalue weighted by molar-refractivity contribution is 0.398. The van der Waals surface area contributed by atoms with E-state index < -0.39 is 0 Å². The van der Waals surface area contributed by atoms with Crippen LogP contribution in [0, 0.1) is 13.8 Å². The van der Waals surface area contributed by atoms with Gasteiger partial charge >= 0.3 is 0 Å². The summed E-state index contributed by atoms with van der Waals surface area (Å²) in [6.45, 7) is 8.09. The Morgan fingerprint density at radius 3 is 2.89 bits per heavy atom. The minimum absolute atomic E-state index is 0.489. The number of pyridine rings is 2. The summed E-state index contributed by atoms with van der Waals surface area (Å²) in [7, 11) is 1.59. The van der Waals surface area contributed by atoms with E-state index in [1.165, 1.54) is 0 Å². The highest BCUT2D eigenvalue weighted by Gasteiger charge is 2.15. The summed E-state index contributed by atoms with van der Waals surface area (Å²) in [4.78, 5) is 12.9. The second-order valence-corrected chi connectivity index (χ2v) is 6.35. The first-order valence-electron chi connectivity index (χ1n) is 8.33. The van der Waals surface area contributed by atoms with E-state index in [2.05, 4.69) is 32.3 Å². The van der Waals surface area contributed by atoms with Crippen LogP contribution in [-0.2, 0) is 0 Å². The number of methoxy groups -OCH3 is 1. The number of nitrogens with zero attached hydrogens (tertiary/aromatic N) is 4. The van der Waals surface area contributed by atoms with Crippen LogP contribution in [0.4, 0.5) is 5.69 Å². The molecule has 7 nitrogen and oxygen atoms in total. The van der Waals surface area contributed by atoms with Gasteiger partial charge < -0.3 is 15.4 Å². The second-order valence-electron chi connectivity index (χ2n) is 5.94. The molecular formula is C19H21ClN6O. The van der Waals surface area contributed by atoms with Crippen LogP contribution in [0.5, 0.6) is 5.88 Å². The van der Waals surface area contributed by atoms with Crippen LogP contribution in [0.2, 0.25) is 5.02 Å². The lowest BCUT2D eigenvalue weighted by Crippen LogP contribution is -2.17. The molecule has 3 aromatic heterocycles. The van der Waals surface area contributed by atoms with Crippen molar-refractivity contribution in [3.8, 4) is 5.88 Å². The monoisotopic (exact) mass is 384 g/mol. The van der Waals surface area contributed by atoms with Gasteiger partial charge in [0.1, 0.15) is 5.70 Å². The van der Waals surface area contributed by atoms with Gasteiger partial charge in [-0.25, -0.2) is 9.97 Å². The summed E-state index contributed by atoms with van der Waals surface area (Å²) in [6, 6.07) is 5.58. The molecule has 0 saturated heterocycles. The summed E-state index contributed by atoms with van der Waals surface area (Å²) in [5, 5.41) is 7.00. The quantitative estimate of drug-likeness (QED) is 0.369. The van der Waals surface area contributed by atoms with Crippen LogP contribution < -0.4 is 15.4 Å². The molecule has 0 spiro atoms. The molecule has 0 aliphatic heterocycles. The number of anilines is 1. The Kier molecular flexibility index (Phi) is 5.61. The average Bonchev–Trinajstić information content (AvgIpc) is 2.99. The van der Waals surface area contributed by atoms with Crippen molar-refractivity contribution >= 4 is 35.4 Å². The van der Waals surface area contributed by atoms with Crippen molar-refractivity contribution in [2.45, 2.75) is 13.8 Å². The molecule has 0 bridgehead atoms. The Hall–Kier alpha value is -3.06. The molecule has 2 N–H and O–H groups in total. The molecule has 0 amide bonds. The highest BCUT2D eigenvalue weighted by atomic mass is 35.5. The number of fused-ring (bicyclic) bond motifs is 1. The molecule has 27 heavy (non-hydrogen) atoms. The number of aryl methyl sites for hydroxylation is 2. The Morgan fingerprint density at radius 1 is 1.41 bits per heavy atom. The lowest BCUT2D eigenvalue weighted by Gasteiger charge is -2.09. The molecule has 0 atom stereocenters. The fourth-order valence-electron chi connectivity index (χ4n) is 2.75.